The Kier molecular flexibility index (Phi) is 5.61. The van der Waals surface area contributed by atoms with E-state index in [2.05, 4.69) is 0 Å². The van der Waals surface area contributed by atoms with E-state index in [9.17, 15) is 8.42 Å². The molecule has 0 saturated carbocycles. The van der Waals surface area contributed by atoms with Crippen LogP contribution in [0.2, 0.25) is 0 Å². The van der Waals surface area contributed by atoms with Gasteiger partial charge in [0.2, 0.25) is 9.84 Å². The number of anilines is 2. The van der Waals surface area contributed by atoms with Crippen LogP contribution >= 0.6 is 0 Å². The summed E-state index contributed by atoms with van der Waals surface area (Å²) in [4.78, 5) is 0.668. The molecule has 4 aliphatic heterocycles. The molecule has 2 aromatic carbocycles. The summed E-state index contributed by atoms with van der Waals surface area (Å²) < 4.78 is 51.3. The quantitative estimate of drug-likeness (QED) is 0.374. The SMILES string of the molecule is Cc1cc(S(=O)(=O)c2c(CC3CO3)c(C)c(N)c(CC3CO3)c2CC2CO2)c(CC2CO2)cc1N. The Morgan fingerprint density at radius 1 is 0.771 bits per heavy atom. The predicted molar refractivity (Wildman–Crippen MR) is 130 cm³/mol. The smallest absolute Gasteiger partial charge is 0.207 e. The van der Waals surface area contributed by atoms with Gasteiger partial charge in [-0.25, -0.2) is 8.42 Å². The minimum Gasteiger partial charge on any atom is -0.399 e. The number of nitrogens with two attached hydrogens (primary N) is 2. The van der Waals surface area contributed by atoms with Crippen LogP contribution in [-0.2, 0) is 54.5 Å². The van der Waals surface area contributed by atoms with Crippen LogP contribution in [-0.4, -0.2) is 59.3 Å². The molecule has 6 rings (SSSR count). The predicted octanol–water partition coefficient (Wildman–Crippen LogP) is 2.07. The molecule has 8 nitrogen and oxygen atoms in total. The van der Waals surface area contributed by atoms with Crippen molar-refractivity contribution in [2.75, 3.05) is 37.9 Å². The number of epoxide rings is 4. The third-order valence-electron chi connectivity index (χ3n) is 7.45. The van der Waals surface area contributed by atoms with E-state index in [1.165, 1.54) is 0 Å². The van der Waals surface area contributed by atoms with Crippen LogP contribution in [0, 0.1) is 13.8 Å². The standard InChI is InChI=1S/C26H32N2O6S/c1-13-3-24(15(5-23(13)27)4-16-9-31-16)35(29,30)26-20(6-17-10-32-17)14(2)25(28)21(7-18-11-33-18)22(26)8-19-12-34-19/h3,5,16-19H,4,6-12,27-28H2,1-2H3. The molecule has 4 saturated heterocycles. The van der Waals surface area contributed by atoms with Gasteiger partial charge in [-0.2, -0.15) is 0 Å². The normalized spacial score (nSPS) is 26.6. The maximum atomic E-state index is 14.6. The number of hydrogen-bond acceptors (Lipinski definition) is 8. The Labute approximate surface area is 205 Å². The Morgan fingerprint density at radius 2 is 1.26 bits per heavy atom. The molecule has 4 aliphatic rings. The van der Waals surface area contributed by atoms with E-state index < -0.39 is 9.84 Å². The van der Waals surface area contributed by atoms with Crippen LogP contribution in [0.15, 0.2) is 21.9 Å². The van der Waals surface area contributed by atoms with Gasteiger partial charge in [-0.05, 0) is 59.4 Å². The molecule has 4 atom stereocenters. The van der Waals surface area contributed by atoms with Gasteiger partial charge < -0.3 is 30.4 Å². The highest BCUT2D eigenvalue weighted by Gasteiger charge is 2.39. The highest BCUT2D eigenvalue weighted by Crippen LogP contribution is 2.42. The lowest BCUT2D eigenvalue weighted by Crippen LogP contribution is -2.20. The number of ether oxygens (including phenoxy) is 4. The highest BCUT2D eigenvalue weighted by molar-refractivity contribution is 7.91. The van der Waals surface area contributed by atoms with Crippen LogP contribution in [0.25, 0.3) is 0 Å². The average Bonchev–Trinajstić information content (AvgIpc) is 3.62. The molecule has 0 spiro atoms. The van der Waals surface area contributed by atoms with Crippen LogP contribution in [0.3, 0.4) is 0 Å². The molecule has 35 heavy (non-hydrogen) atoms. The first-order chi connectivity index (χ1) is 16.7. The first-order valence-corrected chi connectivity index (χ1v) is 13.7. The minimum atomic E-state index is -3.92. The lowest BCUT2D eigenvalue weighted by Gasteiger charge is -2.24. The molecule has 4 unspecified atom stereocenters. The molecule has 0 radical (unpaired) electrons. The van der Waals surface area contributed by atoms with Crippen molar-refractivity contribution in [2.24, 2.45) is 0 Å². The van der Waals surface area contributed by atoms with Gasteiger partial charge in [0.05, 0.1) is 60.6 Å². The summed E-state index contributed by atoms with van der Waals surface area (Å²) in [5.74, 6) is 0. The number of rotatable bonds is 10. The first kappa shape index (κ1) is 23.2. The molecule has 0 bridgehead atoms. The van der Waals surface area contributed by atoms with Crippen molar-refractivity contribution in [3.8, 4) is 0 Å². The van der Waals surface area contributed by atoms with Gasteiger partial charge >= 0.3 is 0 Å². The summed E-state index contributed by atoms with van der Waals surface area (Å²) in [7, 11) is -3.92. The number of sulfone groups is 1. The molecule has 0 aliphatic carbocycles. The second-order valence-electron chi connectivity index (χ2n) is 10.3. The van der Waals surface area contributed by atoms with Gasteiger partial charge in [-0.15, -0.1) is 0 Å². The molecule has 9 heteroatoms. The average molecular weight is 501 g/mol. The van der Waals surface area contributed by atoms with Crippen molar-refractivity contribution in [2.45, 2.75) is 73.7 Å². The summed E-state index contributed by atoms with van der Waals surface area (Å²) in [6.07, 6.45) is 2.25. The van der Waals surface area contributed by atoms with Gasteiger partial charge in [-0.1, -0.05) is 0 Å². The van der Waals surface area contributed by atoms with Crippen LogP contribution in [0.4, 0.5) is 11.4 Å². The second-order valence-corrected chi connectivity index (χ2v) is 12.1. The monoisotopic (exact) mass is 500 g/mol. The molecule has 2 aromatic rings. The van der Waals surface area contributed by atoms with Crippen molar-refractivity contribution in [1.29, 1.82) is 0 Å². The molecular weight excluding hydrogens is 468 g/mol. The van der Waals surface area contributed by atoms with E-state index in [0.29, 0.717) is 78.8 Å². The van der Waals surface area contributed by atoms with Crippen LogP contribution in [0.5, 0.6) is 0 Å². The fourth-order valence-electron chi connectivity index (χ4n) is 5.00. The maximum absolute atomic E-state index is 14.6. The summed E-state index contributed by atoms with van der Waals surface area (Å²) >= 11 is 0. The van der Waals surface area contributed by atoms with Gasteiger partial charge in [0.25, 0.3) is 0 Å². The third-order valence-corrected chi connectivity index (χ3v) is 9.44. The van der Waals surface area contributed by atoms with Crippen molar-refractivity contribution in [3.63, 3.8) is 0 Å². The molecule has 0 aromatic heterocycles. The Bertz CT molecular complexity index is 1290. The summed E-state index contributed by atoms with van der Waals surface area (Å²) in [6.45, 7) is 6.32. The molecule has 4 N–H and O–H groups in total. The van der Waals surface area contributed by atoms with Gasteiger partial charge in [-0.3, -0.25) is 0 Å². The van der Waals surface area contributed by atoms with Crippen molar-refractivity contribution >= 4 is 21.2 Å². The molecule has 4 fully saturated rings. The Hall–Kier alpha value is -2.17. The van der Waals surface area contributed by atoms with E-state index >= 15 is 0 Å². The number of nitrogen functional groups attached to an aromatic ring is 2. The van der Waals surface area contributed by atoms with Gasteiger partial charge in [0.15, 0.2) is 0 Å². The maximum Gasteiger partial charge on any atom is 0.207 e. The molecule has 0 amide bonds. The van der Waals surface area contributed by atoms with E-state index in [1.54, 1.807) is 12.1 Å². The third kappa shape index (κ3) is 4.68. The van der Waals surface area contributed by atoms with Crippen molar-refractivity contribution < 1.29 is 27.4 Å². The van der Waals surface area contributed by atoms with E-state index in [1.807, 2.05) is 13.8 Å². The Morgan fingerprint density at radius 3 is 1.80 bits per heavy atom. The minimum absolute atomic E-state index is 0.00226. The summed E-state index contributed by atoms with van der Waals surface area (Å²) in [5.41, 5.74) is 18.8. The van der Waals surface area contributed by atoms with Crippen molar-refractivity contribution in [1.82, 2.24) is 0 Å². The lowest BCUT2D eigenvalue weighted by molar-refractivity contribution is 0.399. The molecule has 188 valence electrons. The highest BCUT2D eigenvalue weighted by atomic mass is 32.2. The molecular formula is C26H32N2O6S. The summed E-state index contributed by atoms with van der Waals surface area (Å²) in [5, 5.41) is 0. The van der Waals surface area contributed by atoms with Crippen LogP contribution < -0.4 is 11.5 Å². The fourth-order valence-corrected chi connectivity index (χ4v) is 7.13. The zero-order chi connectivity index (χ0) is 24.5. The Balaban J connectivity index is 1.58. The van der Waals surface area contributed by atoms with E-state index in [0.717, 1.165) is 27.8 Å². The second kappa shape index (κ2) is 8.45. The summed E-state index contributed by atoms with van der Waals surface area (Å²) in [6, 6.07) is 3.51. The number of benzene rings is 2. The number of aryl methyl sites for hydroxylation is 1. The zero-order valence-electron chi connectivity index (χ0n) is 20.1. The van der Waals surface area contributed by atoms with E-state index in [4.69, 9.17) is 30.4 Å². The lowest BCUT2D eigenvalue weighted by atomic mass is 9.89. The van der Waals surface area contributed by atoms with Crippen LogP contribution in [0.1, 0.15) is 33.4 Å². The zero-order valence-corrected chi connectivity index (χ0v) is 20.9. The van der Waals surface area contributed by atoms with E-state index in [-0.39, 0.29) is 24.4 Å². The first-order valence-electron chi connectivity index (χ1n) is 12.3. The van der Waals surface area contributed by atoms with Gasteiger partial charge in [0, 0.05) is 37.1 Å². The largest absolute Gasteiger partial charge is 0.399 e. The topological polar surface area (TPSA) is 136 Å². The number of hydrogen-bond donors (Lipinski definition) is 2. The molecule has 4 heterocycles. The van der Waals surface area contributed by atoms with Crippen molar-refractivity contribution in [3.05, 3.63) is 45.5 Å². The fraction of sp³-hybridized carbons (Fsp3) is 0.538. The van der Waals surface area contributed by atoms with Gasteiger partial charge in [0.1, 0.15) is 0 Å².